The van der Waals surface area contributed by atoms with Crippen molar-refractivity contribution in [1.82, 2.24) is 10.6 Å². The molecule has 0 unspecified atom stereocenters. The van der Waals surface area contributed by atoms with Gasteiger partial charge < -0.3 is 20.6 Å². The smallest absolute Gasteiger partial charge is 0.372 e. The summed E-state index contributed by atoms with van der Waals surface area (Å²) in [4.78, 5) is 38.7. The molecule has 2 aromatic carbocycles. The number of aliphatic hydroxyl groups is 1. The Balaban J connectivity index is 1.96. The number of fused-ring (bicyclic) bond motifs is 3. The summed E-state index contributed by atoms with van der Waals surface area (Å²) in [6, 6.07) is 9.28. The Morgan fingerprint density at radius 3 is 2.03 bits per heavy atom. The van der Waals surface area contributed by atoms with E-state index in [1.165, 1.54) is 48.5 Å². The van der Waals surface area contributed by atoms with Crippen molar-refractivity contribution in [1.29, 1.82) is 0 Å². The highest BCUT2D eigenvalue weighted by molar-refractivity contribution is 6.11. The largest absolute Gasteiger partial charge is 0.455 e. The number of hydrogen-bond donors (Lipinski definition) is 3. The van der Waals surface area contributed by atoms with E-state index in [9.17, 15) is 54.6 Å². The summed E-state index contributed by atoms with van der Waals surface area (Å²) < 4.78 is 104. The van der Waals surface area contributed by atoms with Crippen LogP contribution in [0.4, 0.5) is 40.8 Å². The number of carbonyl (C=O) groups excluding carboxylic acids is 3. The van der Waals surface area contributed by atoms with E-state index in [2.05, 4.69) is 0 Å². The molecule has 206 valence electrons. The number of hydrogen-bond acceptors (Lipinski definition) is 4. The second kappa shape index (κ2) is 9.85. The standard InChI is InChI=1S/C23H19F8N3O4/c1-20(38,18(36)32-10-21(24,25)23(29,30)31)19(37)33-16-14-8-3-2-6-12(14)13-7-4-5-9-15(13)34(17(16)35)11-22(26,27)28/h2-9,16,38H,10-11H2,1H3,(H,32,36)(H,33,37)/t16-,20+/m0/s1. The van der Waals surface area contributed by atoms with Crippen molar-refractivity contribution in [3.63, 3.8) is 0 Å². The van der Waals surface area contributed by atoms with Crippen molar-refractivity contribution < 1.29 is 54.6 Å². The van der Waals surface area contributed by atoms with Gasteiger partial charge in [-0.05, 0) is 24.1 Å². The fraction of sp³-hybridized carbons (Fsp3) is 0.348. The average Bonchev–Trinajstić information content (AvgIpc) is 2.90. The lowest BCUT2D eigenvalue weighted by Crippen LogP contribution is -2.59. The van der Waals surface area contributed by atoms with E-state index in [0.717, 1.165) is 5.32 Å². The molecule has 0 aliphatic carbocycles. The quantitative estimate of drug-likeness (QED) is 0.377. The highest BCUT2D eigenvalue weighted by atomic mass is 19.4. The lowest BCUT2D eigenvalue weighted by molar-refractivity contribution is -0.278. The number of carbonyl (C=O) groups is 3. The fourth-order valence-corrected chi connectivity index (χ4v) is 3.66. The molecule has 1 aliphatic rings. The molecular weight excluding hydrogens is 534 g/mol. The van der Waals surface area contributed by atoms with Gasteiger partial charge >= 0.3 is 18.3 Å². The molecule has 0 radical (unpaired) electrons. The maximum absolute atomic E-state index is 13.4. The molecule has 0 saturated heterocycles. The maximum atomic E-state index is 13.4. The number of amides is 3. The molecule has 0 saturated carbocycles. The zero-order chi connectivity index (χ0) is 28.7. The van der Waals surface area contributed by atoms with Crippen LogP contribution in [-0.2, 0) is 14.4 Å². The summed E-state index contributed by atoms with van der Waals surface area (Å²) in [5, 5.41) is 13.4. The summed E-state index contributed by atoms with van der Waals surface area (Å²) in [7, 11) is 0. The first-order valence-electron chi connectivity index (χ1n) is 10.7. The van der Waals surface area contributed by atoms with Crippen molar-refractivity contribution >= 4 is 23.4 Å². The number of benzene rings is 2. The Morgan fingerprint density at radius 1 is 0.895 bits per heavy atom. The first kappa shape index (κ1) is 28.8. The zero-order valence-corrected chi connectivity index (χ0v) is 19.3. The van der Waals surface area contributed by atoms with Crippen molar-refractivity contribution in [2.24, 2.45) is 0 Å². The van der Waals surface area contributed by atoms with E-state index in [1.807, 2.05) is 5.32 Å². The molecule has 0 aromatic heterocycles. The van der Waals surface area contributed by atoms with Gasteiger partial charge in [-0.15, -0.1) is 0 Å². The Kier molecular flexibility index (Phi) is 7.47. The van der Waals surface area contributed by atoms with Gasteiger partial charge in [0.15, 0.2) is 0 Å². The van der Waals surface area contributed by atoms with E-state index >= 15 is 0 Å². The molecule has 2 atom stereocenters. The van der Waals surface area contributed by atoms with E-state index in [-0.39, 0.29) is 22.4 Å². The Bertz CT molecular complexity index is 1240. The predicted octanol–water partition coefficient (Wildman–Crippen LogP) is 3.48. The van der Waals surface area contributed by atoms with Gasteiger partial charge in [0.2, 0.25) is 5.60 Å². The number of nitrogens with one attached hydrogen (secondary N) is 2. The van der Waals surface area contributed by atoms with Gasteiger partial charge in [-0.2, -0.15) is 35.1 Å². The Morgan fingerprint density at radius 2 is 1.45 bits per heavy atom. The summed E-state index contributed by atoms with van der Waals surface area (Å²) >= 11 is 0. The molecule has 15 heteroatoms. The van der Waals surface area contributed by atoms with Gasteiger partial charge in [0.05, 0.1) is 12.2 Å². The molecule has 7 nitrogen and oxygen atoms in total. The van der Waals surface area contributed by atoms with Crippen LogP contribution >= 0.6 is 0 Å². The van der Waals surface area contributed by atoms with Crippen LogP contribution in [0.5, 0.6) is 0 Å². The molecule has 1 aliphatic heterocycles. The van der Waals surface area contributed by atoms with Gasteiger partial charge in [0, 0.05) is 5.56 Å². The van der Waals surface area contributed by atoms with Crippen molar-refractivity contribution in [2.75, 3.05) is 18.0 Å². The molecule has 0 spiro atoms. The van der Waals surface area contributed by atoms with Crippen LogP contribution < -0.4 is 15.5 Å². The van der Waals surface area contributed by atoms with Crippen LogP contribution in [0.3, 0.4) is 0 Å². The third-order valence-corrected chi connectivity index (χ3v) is 5.65. The van der Waals surface area contributed by atoms with Crippen LogP contribution in [0.2, 0.25) is 0 Å². The summed E-state index contributed by atoms with van der Waals surface area (Å²) in [6.07, 6.45) is -10.9. The minimum absolute atomic E-state index is 0.0252. The lowest BCUT2D eigenvalue weighted by atomic mass is 9.94. The van der Waals surface area contributed by atoms with E-state index in [4.69, 9.17) is 0 Å². The molecule has 38 heavy (non-hydrogen) atoms. The van der Waals surface area contributed by atoms with Crippen LogP contribution in [0, 0.1) is 0 Å². The molecule has 2 aromatic rings. The molecule has 0 fully saturated rings. The van der Waals surface area contributed by atoms with Crippen molar-refractivity contribution in [2.45, 2.75) is 36.8 Å². The highest BCUT2D eigenvalue weighted by Crippen LogP contribution is 2.41. The van der Waals surface area contributed by atoms with Gasteiger partial charge in [0.25, 0.3) is 17.7 Å². The Labute approximate surface area is 209 Å². The minimum Gasteiger partial charge on any atom is -0.372 e. The number of para-hydroxylation sites is 1. The average molecular weight is 553 g/mol. The van der Waals surface area contributed by atoms with E-state index in [0.29, 0.717) is 11.8 Å². The monoisotopic (exact) mass is 553 g/mol. The summed E-state index contributed by atoms with van der Waals surface area (Å²) in [5.41, 5.74) is -3.07. The summed E-state index contributed by atoms with van der Waals surface area (Å²) in [6.45, 7) is -3.62. The van der Waals surface area contributed by atoms with Crippen molar-refractivity contribution in [3.8, 4) is 11.1 Å². The molecule has 1 heterocycles. The lowest BCUT2D eigenvalue weighted by Gasteiger charge is -2.29. The number of halogens is 8. The van der Waals surface area contributed by atoms with Crippen LogP contribution in [0.1, 0.15) is 18.5 Å². The minimum atomic E-state index is -6.04. The third kappa shape index (κ3) is 5.71. The molecule has 3 amide bonds. The number of anilines is 1. The van der Waals surface area contributed by atoms with Crippen LogP contribution in [0.15, 0.2) is 48.5 Å². The zero-order valence-electron chi connectivity index (χ0n) is 19.3. The second-order valence-electron chi connectivity index (χ2n) is 8.51. The fourth-order valence-electron chi connectivity index (χ4n) is 3.66. The predicted molar refractivity (Wildman–Crippen MR) is 116 cm³/mol. The van der Waals surface area contributed by atoms with Gasteiger partial charge in [-0.3, -0.25) is 14.4 Å². The number of nitrogens with zero attached hydrogens (tertiary/aromatic N) is 1. The first-order chi connectivity index (χ1) is 17.4. The molecule has 3 N–H and O–H groups in total. The summed E-state index contributed by atoms with van der Waals surface area (Å²) in [5.74, 6) is -10.4. The Hall–Kier alpha value is -3.75. The van der Waals surface area contributed by atoms with E-state index < -0.39 is 60.7 Å². The molecule has 3 rings (SSSR count). The van der Waals surface area contributed by atoms with Gasteiger partial charge in [-0.25, -0.2) is 0 Å². The van der Waals surface area contributed by atoms with E-state index in [1.54, 1.807) is 0 Å². The normalized spacial score (nSPS) is 17.6. The SMILES string of the molecule is C[C@@](O)(C(=O)NCC(F)(F)C(F)(F)F)C(=O)N[C@@H]1C(=O)N(CC(F)(F)F)c2ccccc2-c2ccccc21. The van der Waals surface area contributed by atoms with Gasteiger partial charge in [-0.1, -0.05) is 42.5 Å². The maximum Gasteiger partial charge on any atom is 0.455 e. The van der Waals surface area contributed by atoms with Crippen molar-refractivity contribution in [3.05, 3.63) is 54.1 Å². The number of rotatable bonds is 6. The van der Waals surface area contributed by atoms with Gasteiger partial charge in [0.1, 0.15) is 12.6 Å². The molecular formula is C23H19F8N3O4. The first-order valence-corrected chi connectivity index (χ1v) is 10.7. The second-order valence-corrected chi connectivity index (χ2v) is 8.51. The topological polar surface area (TPSA) is 98.7 Å². The van der Waals surface area contributed by atoms with Crippen LogP contribution in [-0.4, -0.2) is 59.8 Å². The third-order valence-electron chi connectivity index (χ3n) is 5.65. The number of alkyl halides is 8. The highest BCUT2D eigenvalue weighted by Gasteiger charge is 2.58. The van der Waals surface area contributed by atoms with Crippen LogP contribution in [0.25, 0.3) is 11.1 Å². The molecule has 0 bridgehead atoms.